The van der Waals surface area contributed by atoms with E-state index < -0.39 is 0 Å². The maximum Gasteiger partial charge on any atom is 0.257 e. The van der Waals surface area contributed by atoms with Gasteiger partial charge in [-0.25, -0.2) is 0 Å². The second-order valence-corrected chi connectivity index (χ2v) is 11.4. The van der Waals surface area contributed by atoms with Gasteiger partial charge in [-0.15, -0.1) is 0 Å². The summed E-state index contributed by atoms with van der Waals surface area (Å²) in [6.45, 7) is 1.22. The largest absolute Gasteiger partial charge is 0.493 e. The molecule has 220 valence electrons. The van der Waals surface area contributed by atoms with Crippen LogP contribution in [0, 0.1) is 0 Å². The highest BCUT2D eigenvalue weighted by Crippen LogP contribution is 2.34. The average molecular weight is 570 g/mol. The first-order valence-electron chi connectivity index (χ1n) is 15.1. The highest BCUT2D eigenvalue weighted by Gasteiger charge is 2.27. The molecule has 0 saturated heterocycles. The van der Waals surface area contributed by atoms with Gasteiger partial charge >= 0.3 is 0 Å². The monoisotopic (exact) mass is 569 g/mol. The number of nitrogens with one attached hydrogen (secondary N) is 3. The Morgan fingerprint density at radius 1 is 1.10 bits per heavy atom. The van der Waals surface area contributed by atoms with Gasteiger partial charge in [0.05, 0.1) is 37.7 Å². The lowest BCUT2D eigenvalue weighted by molar-refractivity contribution is -0.121. The Labute approximate surface area is 246 Å². The van der Waals surface area contributed by atoms with E-state index in [2.05, 4.69) is 38.7 Å². The summed E-state index contributed by atoms with van der Waals surface area (Å²) in [5.74, 6) is 1.30. The molecule has 1 aliphatic carbocycles. The summed E-state index contributed by atoms with van der Waals surface area (Å²) in [5, 5.41) is 11.6. The number of rotatable bonds is 3. The van der Waals surface area contributed by atoms with Crippen molar-refractivity contribution < 1.29 is 19.1 Å². The standard InChI is InChI=1S/C33H39N5O4/c1-41-29-13-12-22-18-28-25(24-10-5-6-11-27(24)36-28)14-15-34-31(39)21-38(16-7-17-42-30(29)19-22)33(40)26-20-35-37-32(26)23-8-3-2-4-9-23/h5-6,10-13,19-20,23,36H,2-4,7-9,14-18,21H2,1H3,(H,34,39)(H,35,37). The highest BCUT2D eigenvalue weighted by molar-refractivity contribution is 5.97. The fourth-order valence-corrected chi connectivity index (χ4v) is 6.43. The topological polar surface area (TPSA) is 112 Å². The second-order valence-electron chi connectivity index (χ2n) is 11.4. The van der Waals surface area contributed by atoms with Crippen LogP contribution in [0.3, 0.4) is 0 Å². The quantitative estimate of drug-likeness (QED) is 0.317. The van der Waals surface area contributed by atoms with Crippen LogP contribution in [0.2, 0.25) is 0 Å². The third kappa shape index (κ3) is 6.00. The smallest absolute Gasteiger partial charge is 0.257 e. The van der Waals surface area contributed by atoms with Gasteiger partial charge in [0, 0.05) is 42.0 Å². The lowest BCUT2D eigenvalue weighted by atomic mass is 9.85. The van der Waals surface area contributed by atoms with Crippen molar-refractivity contribution in [2.45, 2.75) is 57.3 Å². The summed E-state index contributed by atoms with van der Waals surface area (Å²) < 4.78 is 11.8. The number of carbonyl (C=O) groups is 2. The van der Waals surface area contributed by atoms with Crippen LogP contribution < -0.4 is 14.8 Å². The minimum Gasteiger partial charge on any atom is -0.493 e. The van der Waals surface area contributed by atoms with Gasteiger partial charge in [-0.3, -0.25) is 14.7 Å². The van der Waals surface area contributed by atoms with Crippen LogP contribution in [0.15, 0.2) is 48.7 Å². The Morgan fingerprint density at radius 3 is 2.81 bits per heavy atom. The molecule has 0 radical (unpaired) electrons. The molecule has 1 saturated carbocycles. The minimum atomic E-state index is -0.174. The van der Waals surface area contributed by atoms with E-state index in [4.69, 9.17) is 9.47 Å². The number of methoxy groups -OCH3 is 1. The molecule has 2 aromatic heterocycles. The molecule has 0 unspecified atom stereocenters. The summed E-state index contributed by atoms with van der Waals surface area (Å²) in [5.41, 5.74) is 5.93. The van der Waals surface area contributed by atoms with Crippen LogP contribution in [-0.2, 0) is 17.6 Å². The van der Waals surface area contributed by atoms with E-state index in [-0.39, 0.29) is 18.4 Å². The van der Waals surface area contributed by atoms with Crippen LogP contribution >= 0.6 is 0 Å². The molecule has 6 rings (SSSR count). The molecule has 9 nitrogen and oxygen atoms in total. The predicted octanol–water partition coefficient (Wildman–Crippen LogP) is 5.12. The molecule has 0 spiro atoms. The first-order chi connectivity index (χ1) is 20.6. The first kappa shape index (κ1) is 27.9. The van der Waals surface area contributed by atoms with Gasteiger partial charge in [0.2, 0.25) is 5.91 Å². The maximum atomic E-state index is 13.8. The molecular weight excluding hydrogens is 530 g/mol. The van der Waals surface area contributed by atoms with Gasteiger partial charge in [-0.05, 0) is 55.0 Å². The molecule has 2 aromatic carbocycles. The van der Waals surface area contributed by atoms with E-state index in [1.807, 2.05) is 24.3 Å². The van der Waals surface area contributed by atoms with Gasteiger partial charge in [0.15, 0.2) is 11.5 Å². The number of ether oxygens (including phenoxy) is 2. The molecule has 2 amide bonds. The molecule has 4 aromatic rings. The number of benzene rings is 2. The number of hydrogen-bond donors (Lipinski definition) is 3. The third-order valence-corrected chi connectivity index (χ3v) is 8.57. The predicted molar refractivity (Wildman–Crippen MR) is 161 cm³/mol. The SMILES string of the molecule is COc1ccc2cc1OCCCN(C(=O)c1cn[nH]c1C1CCCCC1)CC(=O)NCCc1c([nH]c3ccccc13)C2. The van der Waals surface area contributed by atoms with Gasteiger partial charge in [0.25, 0.3) is 5.91 Å². The number of carbonyl (C=O) groups excluding carboxylic acids is 2. The number of aromatic nitrogens is 3. The molecule has 42 heavy (non-hydrogen) atoms. The number of hydrogen-bond acceptors (Lipinski definition) is 5. The number of fused-ring (bicyclic) bond motifs is 5. The van der Waals surface area contributed by atoms with Crippen molar-refractivity contribution in [3.8, 4) is 11.5 Å². The molecule has 2 aliphatic rings. The zero-order chi connectivity index (χ0) is 28.9. The van der Waals surface area contributed by atoms with Crippen LogP contribution in [0.5, 0.6) is 11.5 Å². The minimum absolute atomic E-state index is 0.0202. The van der Waals surface area contributed by atoms with E-state index in [1.54, 1.807) is 18.2 Å². The van der Waals surface area contributed by atoms with Crippen LogP contribution in [0.1, 0.15) is 77.3 Å². The van der Waals surface area contributed by atoms with Crippen molar-refractivity contribution in [1.82, 2.24) is 25.4 Å². The van der Waals surface area contributed by atoms with Crippen molar-refractivity contribution in [2.75, 3.05) is 33.4 Å². The van der Waals surface area contributed by atoms with Gasteiger partial charge in [0.1, 0.15) is 0 Å². The number of amides is 2. The zero-order valence-electron chi connectivity index (χ0n) is 24.2. The van der Waals surface area contributed by atoms with Crippen molar-refractivity contribution >= 4 is 22.7 Å². The Kier molecular flexibility index (Phi) is 8.44. The number of para-hydroxylation sites is 1. The van der Waals surface area contributed by atoms with E-state index in [9.17, 15) is 9.59 Å². The van der Waals surface area contributed by atoms with Crippen molar-refractivity contribution in [3.63, 3.8) is 0 Å². The molecule has 0 atom stereocenters. The average Bonchev–Trinajstić information content (AvgIpc) is 3.64. The Hall–Kier alpha value is -4.27. The molecule has 9 heteroatoms. The van der Waals surface area contributed by atoms with Gasteiger partial charge in [-0.1, -0.05) is 43.5 Å². The van der Waals surface area contributed by atoms with Crippen LogP contribution in [0.4, 0.5) is 0 Å². The van der Waals surface area contributed by atoms with E-state index in [0.29, 0.717) is 61.9 Å². The summed E-state index contributed by atoms with van der Waals surface area (Å²) >= 11 is 0. The number of aromatic amines is 2. The molecule has 2 bridgehead atoms. The van der Waals surface area contributed by atoms with Crippen molar-refractivity contribution in [2.24, 2.45) is 0 Å². The zero-order valence-corrected chi connectivity index (χ0v) is 24.2. The van der Waals surface area contributed by atoms with Crippen molar-refractivity contribution in [3.05, 3.63) is 76.7 Å². The maximum absolute atomic E-state index is 13.8. The Balaban J connectivity index is 1.27. The Bertz CT molecular complexity index is 1550. The lowest BCUT2D eigenvalue weighted by Crippen LogP contribution is -2.42. The molecule has 1 fully saturated rings. The Morgan fingerprint density at radius 2 is 1.95 bits per heavy atom. The van der Waals surface area contributed by atoms with E-state index >= 15 is 0 Å². The van der Waals surface area contributed by atoms with E-state index in [0.717, 1.165) is 53.5 Å². The van der Waals surface area contributed by atoms with Crippen LogP contribution in [0.25, 0.3) is 10.9 Å². The number of H-pyrrole nitrogens is 2. The molecular formula is C33H39N5O4. The van der Waals surface area contributed by atoms with E-state index in [1.165, 1.54) is 12.0 Å². The van der Waals surface area contributed by atoms with Gasteiger partial charge in [-0.2, -0.15) is 5.10 Å². The fraction of sp³-hybridized carbons (Fsp3) is 0.424. The second kappa shape index (κ2) is 12.7. The molecule has 3 N–H and O–H groups in total. The first-order valence-corrected chi connectivity index (χ1v) is 15.1. The summed E-state index contributed by atoms with van der Waals surface area (Å²) in [7, 11) is 1.64. The van der Waals surface area contributed by atoms with Crippen LogP contribution in [-0.4, -0.2) is 65.2 Å². The fourth-order valence-electron chi connectivity index (χ4n) is 6.43. The lowest BCUT2D eigenvalue weighted by Gasteiger charge is -2.25. The van der Waals surface area contributed by atoms with Gasteiger partial charge < -0.3 is 24.7 Å². The molecule has 3 heterocycles. The third-order valence-electron chi connectivity index (χ3n) is 8.57. The summed E-state index contributed by atoms with van der Waals surface area (Å²) in [4.78, 5) is 32.3. The summed E-state index contributed by atoms with van der Waals surface area (Å²) in [6, 6.07) is 14.3. The number of nitrogens with zero attached hydrogens (tertiary/aromatic N) is 2. The normalized spacial score (nSPS) is 17.4. The van der Waals surface area contributed by atoms with Crippen molar-refractivity contribution in [1.29, 1.82) is 0 Å². The molecule has 1 aliphatic heterocycles. The summed E-state index contributed by atoms with van der Waals surface area (Å²) in [6.07, 6.45) is 9.20. The highest BCUT2D eigenvalue weighted by atomic mass is 16.5.